The minimum Gasteiger partial charge on any atom is -0.383 e. The molecule has 0 aliphatic heterocycles. The molecule has 0 spiro atoms. The number of rotatable bonds is 8. The first kappa shape index (κ1) is 18.1. The van der Waals surface area contributed by atoms with Crippen molar-refractivity contribution in [3.63, 3.8) is 0 Å². The fourth-order valence-corrected chi connectivity index (χ4v) is 3.38. The van der Waals surface area contributed by atoms with E-state index in [9.17, 15) is 0 Å². The summed E-state index contributed by atoms with van der Waals surface area (Å²) >= 11 is 0. The third kappa shape index (κ3) is 4.72. The van der Waals surface area contributed by atoms with Crippen LogP contribution in [0.15, 0.2) is 91.3 Å². The molecule has 0 aliphatic rings. The summed E-state index contributed by atoms with van der Waals surface area (Å²) in [5.74, 6) is 0. The van der Waals surface area contributed by atoms with Crippen molar-refractivity contribution in [3.8, 4) is 0 Å². The van der Waals surface area contributed by atoms with Crippen LogP contribution in [0, 0.1) is 0 Å². The van der Waals surface area contributed by atoms with Crippen LogP contribution in [0.5, 0.6) is 0 Å². The minimum atomic E-state index is 0.800. The minimum absolute atomic E-state index is 0.800. The summed E-state index contributed by atoms with van der Waals surface area (Å²) in [6.07, 6.45) is 3.70. The third-order valence-electron chi connectivity index (χ3n) is 4.76. The molecule has 2 aromatic heterocycles. The van der Waals surface area contributed by atoms with Crippen molar-refractivity contribution in [2.24, 2.45) is 0 Å². The molecule has 0 aliphatic carbocycles. The van der Waals surface area contributed by atoms with Gasteiger partial charge in [-0.25, -0.2) is 0 Å². The molecule has 0 bridgehead atoms. The first-order valence-corrected chi connectivity index (χ1v) is 9.62. The molecule has 2 aromatic carbocycles. The van der Waals surface area contributed by atoms with E-state index in [0.717, 1.165) is 37.6 Å². The Kier molecular flexibility index (Phi) is 5.90. The molecule has 140 valence electrons. The first-order valence-electron chi connectivity index (χ1n) is 9.62. The average Bonchev–Trinajstić information content (AvgIpc) is 2.75. The quantitative estimate of drug-likeness (QED) is 0.487. The van der Waals surface area contributed by atoms with E-state index in [1.165, 1.54) is 16.5 Å². The van der Waals surface area contributed by atoms with Gasteiger partial charge in [-0.1, -0.05) is 48.5 Å². The number of nitrogens with zero attached hydrogens (tertiary/aromatic N) is 3. The number of fused-ring (bicyclic) bond motifs is 1. The van der Waals surface area contributed by atoms with Gasteiger partial charge >= 0.3 is 0 Å². The van der Waals surface area contributed by atoms with Crippen molar-refractivity contribution >= 4 is 16.5 Å². The second kappa shape index (κ2) is 9.11. The van der Waals surface area contributed by atoms with Gasteiger partial charge in [0.15, 0.2) is 0 Å². The van der Waals surface area contributed by atoms with Crippen molar-refractivity contribution in [1.29, 1.82) is 0 Å². The van der Waals surface area contributed by atoms with Crippen LogP contribution in [-0.4, -0.2) is 28.0 Å². The maximum absolute atomic E-state index is 4.48. The van der Waals surface area contributed by atoms with Crippen LogP contribution in [0.1, 0.15) is 11.4 Å². The van der Waals surface area contributed by atoms with Crippen LogP contribution >= 0.6 is 0 Å². The Morgan fingerprint density at radius 3 is 2.00 bits per heavy atom. The predicted octanol–water partition coefficient (Wildman–Crippen LogP) is 4.74. The second-order valence-electron chi connectivity index (χ2n) is 6.81. The highest BCUT2D eigenvalue weighted by Gasteiger charge is 2.09. The number of aromatic nitrogens is 2. The average molecular weight is 368 g/mol. The molecule has 4 heteroatoms. The van der Waals surface area contributed by atoms with Crippen molar-refractivity contribution in [1.82, 2.24) is 14.9 Å². The zero-order valence-electron chi connectivity index (χ0n) is 15.8. The molecule has 0 fully saturated rings. The number of nitrogens with one attached hydrogen (secondary N) is 1. The lowest BCUT2D eigenvalue weighted by molar-refractivity contribution is 0.261. The molecule has 0 amide bonds. The number of anilines is 1. The van der Waals surface area contributed by atoms with E-state index in [0.29, 0.717) is 0 Å². The topological polar surface area (TPSA) is 41.0 Å². The van der Waals surface area contributed by atoms with Gasteiger partial charge in [-0.15, -0.1) is 0 Å². The Morgan fingerprint density at radius 1 is 0.679 bits per heavy atom. The van der Waals surface area contributed by atoms with E-state index in [1.54, 1.807) is 0 Å². The van der Waals surface area contributed by atoms with Gasteiger partial charge in [0.05, 0.1) is 11.4 Å². The van der Waals surface area contributed by atoms with Crippen molar-refractivity contribution in [2.75, 3.05) is 18.4 Å². The van der Waals surface area contributed by atoms with E-state index in [4.69, 9.17) is 0 Å². The molecule has 4 rings (SSSR count). The molecule has 4 aromatic rings. The highest BCUT2D eigenvalue weighted by molar-refractivity contribution is 5.93. The Balaban J connectivity index is 1.44. The third-order valence-corrected chi connectivity index (χ3v) is 4.76. The summed E-state index contributed by atoms with van der Waals surface area (Å²) in [6, 6.07) is 27.0. The SMILES string of the molecule is c1ccc(CN(CCNc2cccc3ccccc23)Cc2ccccn2)nc1. The molecule has 1 N–H and O–H groups in total. The molecular formula is C24H24N4. The number of pyridine rings is 2. The molecule has 28 heavy (non-hydrogen) atoms. The number of hydrogen-bond donors (Lipinski definition) is 1. The van der Waals surface area contributed by atoms with Crippen LogP contribution in [-0.2, 0) is 13.1 Å². The number of hydrogen-bond acceptors (Lipinski definition) is 4. The van der Waals surface area contributed by atoms with Crippen molar-refractivity contribution in [3.05, 3.63) is 103 Å². The molecular weight excluding hydrogens is 344 g/mol. The summed E-state index contributed by atoms with van der Waals surface area (Å²) in [6.45, 7) is 3.35. The fourth-order valence-electron chi connectivity index (χ4n) is 3.38. The molecule has 0 radical (unpaired) electrons. The summed E-state index contributed by atoms with van der Waals surface area (Å²) < 4.78 is 0. The highest BCUT2D eigenvalue weighted by atomic mass is 15.1. The summed E-state index contributed by atoms with van der Waals surface area (Å²) in [4.78, 5) is 11.3. The standard InChI is InChI=1S/C24H24N4/c1-2-12-23-20(8-1)9-7-13-24(23)27-16-17-28(18-21-10-3-5-14-25-21)19-22-11-4-6-15-26-22/h1-15,27H,16-19H2. The molecule has 4 nitrogen and oxygen atoms in total. The Bertz CT molecular complexity index is 956. The summed E-state index contributed by atoms with van der Waals surface area (Å²) in [5.41, 5.74) is 3.32. The lowest BCUT2D eigenvalue weighted by Crippen LogP contribution is -2.29. The largest absolute Gasteiger partial charge is 0.383 e. The van der Waals surface area contributed by atoms with Gasteiger partial charge in [0.25, 0.3) is 0 Å². The Morgan fingerprint density at radius 2 is 1.32 bits per heavy atom. The summed E-state index contributed by atoms with van der Waals surface area (Å²) in [7, 11) is 0. The highest BCUT2D eigenvalue weighted by Crippen LogP contribution is 2.22. The van der Waals surface area contributed by atoms with Crippen LogP contribution in [0.2, 0.25) is 0 Å². The smallest absolute Gasteiger partial charge is 0.0544 e. The lowest BCUT2D eigenvalue weighted by Gasteiger charge is -2.22. The van der Waals surface area contributed by atoms with Gasteiger partial charge in [-0.3, -0.25) is 14.9 Å². The Labute approximate surface area is 165 Å². The van der Waals surface area contributed by atoms with Crippen LogP contribution in [0.25, 0.3) is 10.8 Å². The van der Waals surface area contributed by atoms with Crippen molar-refractivity contribution in [2.45, 2.75) is 13.1 Å². The Hall–Kier alpha value is -3.24. The molecule has 0 atom stereocenters. The van der Waals surface area contributed by atoms with E-state index < -0.39 is 0 Å². The van der Waals surface area contributed by atoms with E-state index in [2.05, 4.69) is 74.8 Å². The maximum atomic E-state index is 4.48. The monoisotopic (exact) mass is 368 g/mol. The normalized spacial score (nSPS) is 11.0. The zero-order valence-corrected chi connectivity index (χ0v) is 15.8. The van der Waals surface area contributed by atoms with Crippen LogP contribution in [0.3, 0.4) is 0 Å². The van der Waals surface area contributed by atoms with Gasteiger partial charge in [0.1, 0.15) is 0 Å². The number of benzene rings is 2. The molecule has 2 heterocycles. The molecule has 0 saturated carbocycles. The zero-order chi connectivity index (χ0) is 19.0. The summed E-state index contributed by atoms with van der Waals surface area (Å²) in [5, 5.41) is 6.12. The van der Waals surface area contributed by atoms with Crippen LogP contribution in [0.4, 0.5) is 5.69 Å². The first-order chi connectivity index (χ1) is 13.9. The van der Waals surface area contributed by atoms with Gasteiger partial charge < -0.3 is 5.32 Å². The van der Waals surface area contributed by atoms with Crippen LogP contribution < -0.4 is 5.32 Å². The van der Waals surface area contributed by atoms with Gasteiger partial charge in [-0.05, 0) is 35.7 Å². The van der Waals surface area contributed by atoms with E-state index in [-0.39, 0.29) is 0 Å². The predicted molar refractivity (Wildman–Crippen MR) is 115 cm³/mol. The maximum Gasteiger partial charge on any atom is 0.0544 e. The van der Waals surface area contributed by atoms with E-state index >= 15 is 0 Å². The molecule has 0 unspecified atom stereocenters. The van der Waals surface area contributed by atoms with Gasteiger partial charge in [0.2, 0.25) is 0 Å². The fraction of sp³-hybridized carbons (Fsp3) is 0.167. The lowest BCUT2D eigenvalue weighted by atomic mass is 10.1. The molecule has 0 saturated heterocycles. The van der Waals surface area contributed by atoms with Gasteiger partial charge in [0, 0.05) is 49.6 Å². The van der Waals surface area contributed by atoms with Crippen molar-refractivity contribution < 1.29 is 0 Å². The van der Waals surface area contributed by atoms with E-state index in [1.807, 2.05) is 36.7 Å². The van der Waals surface area contributed by atoms with Gasteiger partial charge in [-0.2, -0.15) is 0 Å². The second-order valence-corrected chi connectivity index (χ2v) is 6.81.